The van der Waals surface area contributed by atoms with Crippen molar-refractivity contribution in [2.45, 2.75) is 39.0 Å². The van der Waals surface area contributed by atoms with E-state index in [1.54, 1.807) is 20.8 Å². The lowest BCUT2D eigenvalue weighted by Gasteiger charge is -2.19. The zero-order valence-corrected chi connectivity index (χ0v) is 13.9. The molecule has 0 atom stereocenters. The summed E-state index contributed by atoms with van der Waals surface area (Å²) in [5.74, 6) is 0. The predicted octanol–water partition coefficient (Wildman–Crippen LogP) is 4.69. The van der Waals surface area contributed by atoms with E-state index in [2.05, 4.69) is 10.6 Å². The van der Waals surface area contributed by atoms with Crippen molar-refractivity contribution in [2.24, 2.45) is 0 Å². The standard InChI is InChI=1S/C15H20ClF3N2O2/c1-14(2,3)23-13(22)21-8-4-7-20-12-9-10(15(17,18)19)5-6-11(12)16/h5-6,9,20H,4,7-8H2,1-3H3,(H,21,22). The number of anilines is 1. The maximum absolute atomic E-state index is 12.6. The molecule has 0 saturated heterocycles. The fourth-order valence-electron chi connectivity index (χ4n) is 1.65. The van der Waals surface area contributed by atoms with Crippen molar-refractivity contribution < 1.29 is 22.7 Å². The van der Waals surface area contributed by atoms with Crippen LogP contribution in [0.5, 0.6) is 0 Å². The monoisotopic (exact) mass is 352 g/mol. The SMILES string of the molecule is CC(C)(C)OC(=O)NCCCNc1cc(C(F)(F)F)ccc1Cl. The van der Waals surface area contributed by atoms with E-state index in [0.717, 1.165) is 12.1 Å². The number of amides is 1. The lowest BCUT2D eigenvalue weighted by molar-refractivity contribution is -0.137. The van der Waals surface area contributed by atoms with Gasteiger partial charge in [0.05, 0.1) is 16.3 Å². The Morgan fingerprint density at radius 3 is 2.43 bits per heavy atom. The second-order valence-corrected chi connectivity index (χ2v) is 6.31. The molecule has 0 bridgehead atoms. The van der Waals surface area contributed by atoms with Crippen LogP contribution in [-0.4, -0.2) is 24.8 Å². The molecule has 0 spiro atoms. The average molecular weight is 353 g/mol. The number of rotatable bonds is 5. The molecule has 23 heavy (non-hydrogen) atoms. The largest absolute Gasteiger partial charge is 0.444 e. The molecule has 0 aromatic heterocycles. The number of carbonyl (C=O) groups is 1. The Labute approximate surface area is 138 Å². The van der Waals surface area contributed by atoms with Gasteiger partial charge in [-0.3, -0.25) is 0 Å². The molecule has 1 aromatic carbocycles. The number of ether oxygens (including phenoxy) is 1. The van der Waals surface area contributed by atoms with E-state index in [-0.39, 0.29) is 10.7 Å². The summed E-state index contributed by atoms with van der Waals surface area (Å²) < 4.78 is 43.0. The minimum atomic E-state index is -4.42. The van der Waals surface area contributed by atoms with Crippen LogP contribution in [0.1, 0.15) is 32.8 Å². The van der Waals surface area contributed by atoms with Crippen LogP contribution in [0.4, 0.5) is 23.7 Å². The van der Waals surface area contributed by atoms with E-state index in [9.17, 15) is 18.0 Å². The molecule has 1 rings (SSSR count). The van der Waals surface area contributed by atoms with Crippen LogP contribution in [0.25, 0.3) is 0 Å². The van der Waals surface area contributed by atoms with Gasteiger partial charge < -0.3 is 15.4 Å². The van der Waals surface area contributed by atoms with Gasteiger partial charge in [-0.25, -0.2) is 4.79 Å². The highest BCUT2D eigenvalue weighted by molar-refractivity contribution is 6.33. The Morgan fingerprint density at radius 1 is 1.22 bits per heavy atom. The topological polar surface area (TPSA) is 50.4 Å². The molecule has 0 aliphatic rings. The number of benzene rings is 1. The number of nitrogens with one attached hydrogen (secondary N) is 2. The smallest absolute Gasteiger partial charge is 0.416 e. The molecule has 0 saturated carbocycles. The van der Waals surface area contributed by atoms with Crippen molar-refractivity contribution in [1.29, 1.82) is 0 Å². The number of hydrogen-bond donors (Lipinski definition) is 2. The molecule has 0 unspecified atom stereocenters. The molecule has 0 fully saturated rings. The summed E-state index contributed by atoms with van der Waals surface area (Å²) in [5.41, 5.74) is -1.14. The first-order valence-electron chi connectivity index (χ1n) is 7.06. The van der Waals surface area contributed by atoms with Crippen LogP contribution >= 0.6 is 11.6 Å². The molecule has 0 radical (unpaired) electrons. The number of alkyl carbamates (subject to hydrolysis) is 1. The fraction of sp³-hybridized carbons (Fsp3) is 0.533. The van der Waals surface area contributed by atoms with Crippen molar-refractivity contribution in [1.82, 2.24) is 5.32 Å². The summed E-state index contributed by atoms with van der Waals surface area (Å²) >= 11 is 5.86. The van der Waals surface area contributed by atoms with Gasteiger partial charge in [0.2, 0.25) is 0 Å². The van der Waals surface area contributed by atoms with Gasteiger partial charge in [-0.1, -0.05) is 11.6 Å². The van der Waals surface area contributed by atoms with Crippen LogP contribution < -0.4 is 10.6 Å². The molecule has 8 heteroatoms. The minimum Gasteiger partial charge on any atom is -0.444 e. The number of alkyl halides is 3. The molecule has 0 aliphatic heterocycles. The molecule has 0 aliphatic carbocycles. The minimum absolute atomic E-state index is 0.207. The van der Waals surface area contributed by atoms with Crippen LogP contribution in [0.2, 0.25) is 5.02 Å². The van der Waals surface area contributed by atoms with Crippen LogP contribution in [0.3, 0.4) is 0 Å². The third kappa shape index (κ3) is 7.45. The summed E-state index contributed by atoms with van der Waals surface area (Å²) in [4.78, 5) is 11.4. The number of halogens is 4. The van der Waals surface area contributed by atoms with Crippen molar-refractivity contribution in [3.63, 3.8) is 0 Å². The number of hydrogen-bond acceptors (Lipinski definition) is 3. The second-order valence-electron chi connectivity index (χ2n) is 5.90. The Bertz CT molecular complexity index is 543. The maximum Gasteiger partial charge on any atom is 0.416 e. The van der Waals surface area contributed by atoms with Crippen LogP contribution in [-0.2, 0) is 10.9 Å². The maximum atomic E-state index is 12.6. The summed E-state index contributed by atoms with van der Waals surface area (Å²) in [7, 11) is 0. The molecule has 4 nitrogen and oxygen atoms in total. The van der Waals surface area contributed by atoms with Crippen molar-refractivity contribution >= 4 is 23.4 Å². The molecule has 130 valence electrons. The third-order valence-corrected chi connectivity index (χ3v) is 2.96. The van der Waals surface area contributed by atoms with E-state index in [1.165, 1.54) is 6.07 Å². The highest BCUT2D eigenvalue weighted by Gasteiger charge is 2.30. The van der Waals surface area contributed by atoms with Crippen LogP contribution in [0.15, 0.2) is 18.2 Å². The zero-order valence-electron chi connectivity index (χ0n) is 13.2. The first-order chi connectivity index (χ1) is 10.5. The molecule has 2 N–H and O–H groups in total. The Morgan fingerprint density at radius 2 is 1.87 bits per heavy atom. The number of carbonyl (C=O) groups excluding carboxylic acids is 1. The van der Waals surface area contributed by atoms with Gasteiger partial charge in [-0.2, -0.15) is 13.2 Å². The zero-order chi connectivity index (χ0) is 17.7. The molecule has 0 heterocycles. The van der Waals surface area contributed by atoms with Crippen molar-refractivity contribution in [3.05, 3.63) is 28.8 Å². The fourth-order valence-corrected chi connectivity index (χ4v) is 1.84. The van der Waals surface area contributed by atoms with Gasteiger partial charge in [0.1, 0.15) is 5.60 Å². The van der Waals surface area contributed by atoms with Gasteiger partial charge in [0.15, 0.2) is 0 Å². The lowest BCUT2D eigenvalue weighted by Crippen LogP contribution is -2.33. The Hall–Kier alpha value is -1.63. The highest BCUT2D eigenvalue weighted by Crippen LogP contribution is 2.33. The molecule has 1 aromatic rings. The normalized spacial score (nSPS) is 12.0. The van der Waals surface area contributed by atoms with E-state index in [0.29, 0.717) is 19.5 Å². The Kier molecular flexibility index (Phi) is 6.56. The summed E-state index contributed by atoms with van der Waals surface area (Å²) in [6.07, 6.45) is -4.44. The van der Waals surface area contributed by atoms with E-state index in [4.69, 9.17) is 16.3 Å². The highest BCUT2D eigenvalue weighted by atomic mass is 35.5. The van der Waals surface area contributed by atoms with Gasteiger partial charge in [0.25, 0.3) is 0 Å². The molecular formula is C15H20ClF3N2O2. The first kappa shape index (κ1) is 19.4. The average Bonchev–Trinajstić information content (AvgIpc) is 2.36. The van der Waals surface area contributed by atoms with Gasteiger partial charge >= 0.3 is 12.3 Å². The van der Waals surface area contributed by atoms with Gasteiger partial charge in [-0.05, 0) is 45.4 Å². The molecular weight excluding hydrogens is 333 g/mol. The summed E-state index contributed by atoms with van der Waals surface area (Å²) in [5, 5.41) is 5.59. The second kappa shape index (κ2) is 7.77. The Balaban J connectivity index is 2.40. The quantitative estimate of drug-likeness (QED) is 0.756. The van der Waals surface area contributed by atoms with E-state index >= 15 is 0 Å². The molecule has 1 amide bonds. The van der Waals surface area contributed by atoms with Crippen LogP contribution in [0, 0.1) is 0 Å². The summed E-state index contributed by atoms with van der Waals surface area (Å²) in [6, 6.07) is 3.09. The van der Waals surface area contributed by atoms with Gasteiger partial charge in [0, 0.05) is 13.1 Å². The van der Waals surface area contributed by atoms with E-state index < -0.39 is 23.4 Å². The third-order valence-electron chi connectivity index (χ3n) is 2.63. The summed E-state index contributed by atoms with van der Waals surface area (Å²) in [6.45, 7) is 5.95. The van der Waals surface area contributed by atoms with Crippen molar-refractivity contribution in [3.8, 4) is 0 Å². The lowest BCUT2D eigenvalue weighted by atomic mass is 10.2. The predicted molar refractivity (Wildman–Crippen MR) is 83.8 cm³/mol. The first-order valence-corrected chi connectivity index (χ1v) is 7.44. The van der Waals surface area contributed by atoms with E-state index in [1.807, 2.05) is 0 Å². The van der Waals surface area contributed by atoms with Gasteiger partial charge in [-0.15, -0.1) is 0 Å². The van der Waals surface area contributed by atoms with Crippen molar-refractivity contribution in [2.75, 3.05) is 18.4 Å².